The lowest BCUT2D eigenvalue weighted by Crippen LogP contribution is -1.98. The predicted molar refractivity (Wildman–Crippen MR) is 109 cm³/mol. The first kappa shape index (κ1) is 17.7. The quantitative estimate of drug-likeness (QED) is 0.517. The number of benzene rings is 2. The lowest BCUT2D eigenvalue weighted by Gasteiger charge is -2.09. The molecule has 2 aromatic carbocycles. The molecule has 2 aromatic heterocycles. The molecule has 0 amide bonds. The maximum atomic E-state index is 11.3. The average molecular weight is 372 g/mol. The van der Waals surface area contributed by atoms with Crippen molar-refractivity contribution in [3.8, 4) is 11.1 Å². The SMILES string of the molecule is CC(C)c1ccc(Nc2ccn3ncc(-c4cccc(C(=O)O)c4)c3n2)cc1. The van der Waals surface area contributed by atoms with Gasteiger partial charge in [0.05, 0.1) is 11.8 Å². The number of aromatic carboxylic acids is 1. The molecule has 0 unspecified atom stereocenters. The zero-order chi connectivity index (χ0) is 19.7. The highest BCUT2D eigenvalue weighted by molar-refractivity contribution is 5.90. The van der Waals surface area contributed by atoms with Gasteiger partial charge >= 0.3 is 5.97 Å². The van der Waals surface area contributed by atoms with Crippen molar-refractivity contribution in [2.45, 2.75) is 19.8 Å². The number of anilines is 2. The number of carbonyl (C=O) groups is 1. The van der Waals surface area contributed by atoms with Gasteiger partial charge in [-0.3, -0.25) is 0 Å². The molecule has 2 N–H and O–H groups in total. The Morgan fingerprint density at radius 1 is 1.11 bits per heavy atom. The summed E-state index contributed by atoms with van der Waals surface area (Å²) in [7, 11) is 0. The maximum Gasteiger partial charge on any atom is 0.335 e. The van der Waals surface area contributed by atoms with Crippen LogP contribution in [0.2, 0.25) is 0 Å². The largest absolute Gasteiger partial charge is 0.478 e. The molecule has 0 aliphatic rings. The lowest BCUT2D eigenvalue weighted by atomic mass is 10.0. The van der Waals surface area contributed by atoms with Crippen molar-refractivity contribution in [3.05, 3.63) is 78.1 Å². The van der Waals surface area contributed by atoms with E-state index in [1.165, 1.54) is 5.56 Å². The van der Waals surface area contributed by atoms with E-state index in [-0.39, 0.29) is 5.56 Å². The van der Waals surface area contributed by atoms with Crippen LogP contribution in [0.3, 0.4) is 0 Å². The standard InChI is InChI=1S/C22H20N4O2/c1-14(2)15-6-8-18(9-7-15)24-20-10-11-26-21(25-20)19(13-23-26)16-4-3-5-17(12-16)22(27)28/h3-14H,1-2H3,(H,24,25)(H,27,28). The number of rotatable bonds is 5. The number of fused-ring (bicyclic) bond motifs is 1. The topological polar surface area (TPSA) is 79.5 Å². The molecule has 0 radical (unpaired) electrons. The Hall–Kier alpha value is -3.67. The van der Waals surface area contributed by atoms with Gasteiger partial charge in [0.25, 0.3) is 0 Å². The van der Waals surface area contributed by atoms with E-state index in [0.29, 0.717) is 17.4 Å². The molecule has 0 bridgehead atoms. The van der Waals surface area contributed by atoms with E-state index in [0.717, 1.165) is 16.8 Å². The van der Waals surface area contributed by atoms with E-state index in [1.807, 2.05) is 30.5 Å². The van der Waals surface area contributed by atoms with Crippen molar-refractivity contribution in [3.63, 3.8) is 0 Å². The molecule has 6 nitrogen and oxygen atoms in total. The lowest BCUT2D eigenvalue weighted by molar-refractivity contribution is 0.0697. The van der Waals surface area contributed by atoms with E-state index in [1.54, 1.807) is 28.9 Å². The molecule has 0 fully saturated rings. The molecular weight excluding hydrogens is 352 g/mol. The third-order valence-corrected chi connectivity index (χ3v) is 4.64. The average Bonchev–Trinajstić information content (AvgIpc) is 3.12. The first-order valence-corrected chi connectivity index (χ1v) is 9.06. The number of hydrogen-bond donors (Lipinski definition) is 2. The van der Waals surface area contributed by atoms with E-state index in [9.17, 15) is 9.90 Å². The smallest absolute Gasteiger partial charge is 0.335 e. The highest BCUT2D eigenvalue weighted by atomic mass is 16.4. The monoisotopic (exact) mass is 372 g/mol. The van der Waals surface area contributed by atoms with Gasteiger partial charge in [-0.2, -0.15) is 5.10 Å². The number of carboxylic acids is 1. The second-order valence-electron chi connectivity index (χ2n) is 6.93. The normalized spacial score (nSPS) is 11.1. The van der Waals surface area contributed by atoms with Crippen molar-refractivity contribution >= 4 is 23.1 Å². The third kappa shape index (κ3) is 3.44. The number of carboxylic acid groups (broad SMARTS) is 1. The molecule has 0 aliphatic carbocycles. The van der Waals surface area contributed by atoms with Crippen LogP contribution in [0.5, 0.6) is 0 Å². The van der Waals surface area contributed by atoms with Gasteiger partial charge in [-0.1, -0.05) is 38.1 Å². The fourth-order valence-corrected chi connectivity index (χ4v) is 3.06. The summed E-state index contributed by atoms with van der Waals surface area (Å²) in [5.74, 6) is 0.221. The fourth-order valence-electron chi connectivity index (χ4n) is 3.06. The minimum Gasteiger partial charge on any atom is -0.478 e. The molecule has 4 rings (SSSR count). The zero-order valence-corrected chi connectivity index (χ0v) is 15.6. The summed E-state index contributed by atoms with van der Waals surface area (Å²) in [5.41, 5.74) is 4.67. The van der Waals surface area contributed by atoms with Crippen LogP contribution in [0.4, 0.5) is 11.5 Å². The summed E-state index contributed by atoms with van der Waals surface area (Å²) in [6, 6.07) is 16.9. The Bertz CT molecular complexity index is 1150. The van der Waals surface area contributed by atoms with E-state index in [4.69, 9.17) is 0 Å². The van der Waals surface area contributed by atoms with Crippen molar-refractivity contribution in [2.24, 2.45) is 0 Å². The first-order chi connectivity index (χ1) is 13.5. The molecule has 0 aliphatic heterocycles. The van der Waals surface area contributed by atoms with Crippen molar-refractivity contribution < 1.29 is 9.90 Å². The van der Waals surface area contributed by atoms with Crippen LogP contribution in [0, 0.1) is 0 Å². The number of aromatic nitrogens is 3. The summed E-state index contributed by atoms with van der Waals surface area (Å²) in [4.78, 5) is 15.9. The highest BCUT2D eigenvalue weighted by Gasteiger charge is 2.11. The molecule has 4 aromatic rings. The van der Waals surface area contributed by atoms with Crippen molar-refractivity contribution in [1.82, 2.24) is 14.6 Å². The minimum absolute atomic E-state index is 0.233. The van der Waals surface area contributed by atoms with Crippen LogP contribution >= 0.6 is 0 Å². The van der Waals surface area contributed by atoms with Gasteiger partial charge in [0.1, 0.15) is 5.82 Å². The predicted octanol–water partition coefficient (Wildman–Crippen LogP) is 4.96. The summed E-state index contributed by atoms with van der Waals surface area (Å²) < 4.78 is 1.68. The molecule has 0 saturated carbocycles. The maximum absolute atomic E-state index is 11.3. The highest BCUT2D eigenvalue weighted by Crippen LogP contribution is 2.26. The number of nitrogens with zero attached hydrogens (tertiary/aromatic N) is 3. The molecule has 2 heterocycles. The van der Waals surface area contributed by atoms with Gasteiger partial charge in [-0.15, -0.1) is 0 Å². The Balaban J connectivity index is 1.68. The van der Waals surface area contributed by atoms with Crippen LogP contribution in [-0.2, 0) is 0 Å². The Kier molecular flexibility index (Phi) is 4.53. The summed E-state index contributed by atoms with van der Waals surface area (Å²) in [6.07, 6.45) is 3.53. The summed E-state index contributed by atoms with van der Waals surface area (Å²) in [6.45, 7) is 4.33. The van der Waals surface area contributed by atoms with Crippen LogP contribution in [0.1, 0.15) is 35.7 Å². The van der Waals surface area contributed by atoms with Crippen LogP contribution in [0.15, 0.2) is 67.0 Å². The Labute approximate surface area is 162 Å². The van der Waals surface area contributed by atoms with Gasteiger partial charge in [0.15, 0.2) is 5.65 Å². The van der Waals surface area contributed by atoms with E-state index < -0.39 is 5.97 Å². The minimum atomic E-state index is -0.960. The molecule has 0 spiro atoms. The number of nitrogens with one attached hydrogen (secondary N) is 1. The zero-order valence-electron chi connectivity index (χ0n) is 15.6. The van der Waals surface area contributed by atoms with E-state index in [2.05, 4.69) is 41.4 Å². The Morgan fingerprint density at radius 2 is 1.89 bits per heavy atom. The molecule has 0 atom stereocenters. The third-order valence-electron chi connectivity index (χ3n) is 4.64. The molecule has 6 heteroatoms. The first-order valence-electron chi connectivity index (χ1n) is 9.06. The molecular formula is C22H20N4O2. The van der Waals surface area contributed by atoms with Gasteiger partial charge in [0, 0.05) is 17.4 Å². The summed E-state index contributed by atoms with van der Waals surface area (Å²) >= 11 is 0. The van der Waals surface area contributed by atoms with Gasteiger partial charge in [-0.05, 0) is 47.4 Å². The molecule has 28 heavy (non-hydrogen) atoms. The Morgan fingerprint density at radius 3 is 2.61 bits per heavy atom. The fraction of sp³-hybridized carbons (Fsp3) is 0.136. The van der Waals surface area contributed by atoms with Gasteiger partial charge in [-0.25, -0.2) is 14.3 Å². The van der Waals surface area contributed by atoms with Gasteiger partial charge in [0.2, 0.25) is 0 Å². The molecule has 140 valence electrons. The van der Waals surface area contributed by atoms with Crippen LogP contribution in [-0.4, -0.2) is 25.7 Å². The van der Waals surface area contributed by atoms with Crippen LogP contribution < -0.4 is 5.32 Å². The van der Waals surface area contributed by atoms with E-state index >= 15 is 0 Å². The number of hydrogen-bond acceptors (Lipinski definition) is 4. The van der Waals surface area contributed by atoms with Crippen molar-refractivity contribution in [1.29, 1.82) is 0 Å². The molecule has 0 saturated heterocycles. The van der Waals surface area contributed by atoms with Gasteiger partial charge < -0.3 is 10.4 Å². The summed E-state index contributed by atoms with van der Waals surface area (Å²) in [5, 5.41) is 16.9. The van der Waals surface area contributed by atoms with Crippen molar-refractivity contribution in [2.75, 3.05) is 5.32 Å². The second kappa shape index (κ2) is 7.15. The van der Waals surface area contributed by atoms with Crippen LogP contribution in [0.25, 0.3) is 16.8 Å². The second-order valence-corrected chi connectivity index (χ2v) is 6.93.